The van der Waals surface area contributed by atoms with Crippen LogP contribution in [0.4, 0.5) is 0 Å². The standard InChI is InChI=1S/C14H18N4O2/c1-9(15)6-11-4-5-12(7-16-11)19-8-13-17-14(20-18-13)10-2-3-10/h4-5,7,9-10H,2-3,6,8,15H2,1H3. The molecule has 6 heteroatoms. The lowest BCUT2D eigenvalue weighted by atomic mass is 10.2. The largest absolute Gasteiger partial charge is 0.484 e. The van der Waals surface area contributed by atoms with E-state index in [4.69, 9.17) is 15.0 Å². The van der Waals surface area contributed by atoms with Crippen molar-refractivity contribution >= 4 is 0 Å². The van der Waals surface area contributed by atoms with E-state index in [1.54, 1.807) is 6.20 Å². The fourth-order valence-corrected chi connectivity index (χ4v) is 1.92. The first-order chi connectivity index (χ1) is 9.70. The molecule has 0 spiro atoms. The van der Waals surface area contributed by atoms with E-state index in [0.717, 1.165) is 30.8 Å². The van der Waals surface area contributed by atoms with Gasteiger partial charge in [-0.1, -0.05) is 5.16 Å². The fraction of sp³-hybridized carbons (Fsp3) is 0.500. The van der Waals surface area contributed by atoms with E-state index < -0.39 is 0 Å². The monoisotopic (exact) mass is 274 g/mol. The average Bonchev–Trinajstić information content (AvgIpc) is 3.17. The molecular formula is C14H18N4O2. The lowest BCUT2D eigenvalue weighted by Gasteiger charge is -2.06. The van der Waals surface area contributed by atoms with E-state index in [0.29, 0.717) is 24.1 Å². The third-order valence-corrected chi connectivity index (χ3v) is 3.11. The van der Waals surface area contributed by atoms with Gasteiger partial charge in [0.2, 0.25) is 11.7 Å². The van der Waals surface area contributed by atoms with Crippen molar-refractivity contribution in [3.8, 4) is 5.75 Å². The van der Waals surface area contributed by atoms with Gasteiger partial charge in [0.05, 0.1) is 6.20 Å². The van der Waals surface area contributed by atoms with Crippen LogP contribution in [0.3, 0.4) is 0 Å². The van der Waals surface area contributed by atoms with Crippen molar-refractivity contribution in [2.45, 2.75) is 44.8 Å². The molecule has 1 aliphatic rings. The number of hydrogen-bond acceptors (Lipinski definition) is 6. The maximum atomic E-state index is 5.73. The first kappa shape index (κ1) is 13.1. The molecule has 106 valence electrons. The van der Waals surface area contributed by atoms with Crippen molar-refractivity contribution < 1.29 is 9.26 Å². The normalized spacial score (nSPS) is 16.1. The first-order valence-electron chi connectivity index (χ1n) is 6.86. The van der Waals surface area contributed by atoms with Gasteiger partial charge in [-0.15, -0.1) is 0 Å². The van der Waals surface area contributed by atoms with Gasteiger partial charge in [0.1, 0.15) is 5.75 Å². The SMILES string of the molecule is CC(N)Cc1ccc(OCc2noc(C3CC3)n2)cn1. The number of pyridine rings is 1. The quantitative estimate of drug-likeness (QED) is 0.864. The van der Waals surface area contributed by atoms with Crippen LogP contribution in [0.15, 0.2) is 22.9 Å². The molecule has 1 fully saturated rings. The van der Waals surface area contributed by atoms with E-state index in [9.17, 15) is 0 Å². The summed E-state index contributed by atoms with van der Waals surface area (Å²) in [4.78, 5) is 8.61. The molecule has 0 aliphatic heterocycles. The van der Waals surface area contributed by atoms with Crippen molar-refractivity contribution in [1.29, 1.82) is 0 Å². The summed E-state index contributed by atoms with van der Waals surface area (Å²) in [6.07, 6.45) is 4.75. The van der Waals surface area contributed by atoms with Crippen LogP contribution in [0.2, 0.25) is 0 Å². The number of aromatic nitrogens is 3. The second kappa shape index (κ2) is 5.58. The van der Waals surface area contributed by atoms with Crippen LogP contribution in [0.5, 0.6) is 5.75 Å². The molecule has 2 heterocycles. The molecule has 0 bridgehead atoms. The highest BCUT2D eigenvalue weighted by Crippen LogP contribution is 2.38. The zero-order valence-electron chi connectivity index (χ0n) is 11.5. The Bertz CT molecular complexity index is 561. The van der Waals surface area contributed by atoms with Gasteiger partial charge in [-0.3, -0.25) is 4.98 Å². The lowest BCUT2D eigenvalue weighted by Crippen LogP contribution is -2.18. The molecule has 1 atom stereocenters. The zero-order chi connectivity index (χ0) is 13.9. The second-order valence-electron chi connectivity index (χ2n) is 5.28. The maximum Gasteiger partial charge on any atom is 0.229 e. The third-order valence-electron chi connectivity index (χ3n) is 3.11. The predicted molar refractivity (Wildman–Crippen MR) is 72.2 cm³/mol. The molecule has 2 aromatic rings. The summed E-state index contributed by atoms with van der Waals surface area (Å²) < 4.78 is 10.8. The van der Waals surface area contributed by atoms with Crippen LogP contribution in [-0.2, 0) is 13.0 Å². The topological polar surface area (TPSA) is 87.1 Å². The van der Waals surface area contributed by atoms with Crippen molar-refractivity contribution in [3.05, 3.63) is 35.7 Å². The van der Waals surface area contributed by atoms with E-state index in [2.05, 4.69) is 15.1 Å². The maximum absolute atomic E-state index is 5.73. The Kier molecular flexibility index (Phi) is 3.64. The molecule has 2 N–H and O–H groups in total. The molecular weight excluding hydrogens is 256 g/mol. The lowest BCUT2D eigenvalue weighted by molar-refractivity contribution is 0.284. The minimum Gasteiger partial charge on any atom is -0.484 e. The van der Waals surface area contributed by atoms with Crippen molar-refractivity contribution in [2.24, 2.45) is 5.73 Å². The molecule has 1 saturated carbocycles. The summed E-state index contributed by atoms with van der Waals surface area (Å²) in [6, 6.07) is 3.91. The average molecular weight is 274 g/mol. The summed E-state index contributed by atoms with van der Waals surface area (Å²) >= 11 is 0. The zero-order valence-corrected chi connectivity index (χ0v) is 11.5. The molecule has 0 saturated heterocycles. The Hall–Kier alpha value is -1.95. The van der Waals surface area contributed by atoms with Gasteiger partial charge < -0.3 is 15.0 Å². The van der Waals surface area contributed by atoms with E-state index in [-0.39, 0.29) is 6.04 Å². The highest BCUT2D eigenvalue weighted by Gasteiger charge is 2.29. The van der Waals surface area contributed by atoms with Crippen molar-refractivity contribution in [3.63, 3.8) is 0 Å². The molecule has 0 radical (unpaired) electrons. The van der Waals surface area contributed by atoms with Gasteiger partial charge in [-0.2, -0.15) is 4.98 Å². The van der Waals surface area contributed by atoms with Crippen LogP contribution in [0.1, 0.15) is 43.1 Å². The Morgan fingerprint density at radius 3 is 2.95 bits per heavy atom. The first-order valence-corrected chi connectivity index (χ1v) is 6.86. The van der Waals surface area contributed by atoms with Crippen LogP contribution < -0.4 is 10.5 Å². The molecule has 2 aromatic heterocycles. The van der Waals surface area contributed by atoms with Crippen LogP contribution in [-0.4, -0.2) is 21.2 Å². The summed E-state index contributed by atoms with van der Waals surface area (Å²) in [5.41, 5.74) is 6.69. The molecule has 0 amide bonds. The summed E-state index contributed by atoms with van der Waals surface area (Å²) in [5.74, 6) is 2.47. The van der Waals surface area contributed by atoms with E-state index in [1.165, 1.54) is 0 Å². The van der Waals surface area contributed by atoms with Crippen LogP contribution in [0, 0.1) is 0 Å². The molecule has 6 nitrogen and oxygen atoms in total. The highest BCUT2D eigenvalue weighted by atomic mass is 16.5. The Morgan fingerprint density at radius 1 is 1.45 bits per heavy atom. The van der Waals surface area contributed by atoms with Crippen LogP contribution >= 0.6 is 0 Å². The molecule has 1 aliphatic carbocycles. The van der Waals surface area contributed by atoms with Gasteiger partial charge in [0, 0.05) is 24.1 Å². The van der Waals surface area contributed by atoms with Gasteiger partial charge in [0.15, 0.2) is 6.61 Å². The number of nitrogens with two attached hydrogens (primary N) is 1. The third kappa shape index (κ3) is 3.33. The number of rotatable bonds is 6. The van der Waals surface area contributed by atoms with Gasteiger partial charge >= 0.3 is 0 Å². The van der Waals surface area contributed by atoms with Crippen molar-refractivity contribution in [2.75, 3.05) is 0 Å². The van der Waals surface area contributed by atoms with Gasteiger partial charge in [-0.25, -0.2) is 0 Å². The number of ether oxygens (including phenoxy) is 1. The molecule has 20 heavy (non-hydrogen) atoms. The smallest absolute Gasteiger partial charge is 0.229 e. The summed E-state index contributed by atoms with van der Waals surface area (Å²) in [7, 11) is 0. The summed E-state index contributed by atoms with van der Waals surface area (Å²) in [6.45, 7) is 2.25. The predicted octanol–water partition coefficient (Wildman–Crippen LogP) is 1.81. The van der Waals surface area contributed by atoms with Gasteiger partial charge in [0.25, 0.3) is 0 Å². The Labute approximate surface area is 117 Å². The second-order valence-corrected chi connectivity index (χ2v) is 5.28. The Morgan fingerprint density at radius 2 is 2.30 bits per heavy atom. The minimum absolute atomic E-state index is 0.106. The van der Waals surface area contributed by atoms with Crippen LogP contribution in [0.25, 0.3) is 0 Å². The minimum atomic E-state index is 0.106. The number of nitrogens with zero attached hydrogens (tertiary/aromatic N) is 3. The Balaban J connectivity index is 1.54. The van der Waals surface area contributed by atoms with Crippen molar-refractivity contribution in [1.82, 2.24) is 15.1 Å². The van der Waals surface area contributed by atoms with E-state index in [1.807, 2.05) is 19.1 Å². The molecule has 0 aromatic carbocycles. The fourth-order valence-electron chi connectivity index (χ4n) is 1.92. The molecule has 1 unspecified atom stereocenters. The number of hydrogen-bond donors (Lipinski definition) is 1. The molecule has 3 rings (SSSR count). The van der Waals surface area contributed by atoms with Gasteiger partial charge in [-0.05, 0) is 31.9 Å². The van der Waals surface area contributed by atoms with E-state index >= 15 is 0 Å². The highest BCUT2D eigenvalue weighted by molar-refractivity contribution is 5.20. The summed E-state index contributed by atoms with van der Waals surface area (Å²) in [5, 5.41) is 3.90.